The molecule has 3 aromatic carbocycles. The summed E-state index contributed by atoms with van der Waals surface area (Å²) in [6.07, 6.45) is 1.59. The Labute approximate surface area is 247 Å². The van der Waals surface area contributed by atoms with Gasteiger partial charge in [-0.25, -0.2) is 9.78 Å². The van der Waals surface area contributed by atoms with Gasteiger partial charge in [-0.2, -0.15) is 9.78 Å². The molecule has 0 aliphatic rings. The maximum Gasteiger partial charge on any atom is 0.341 e. The predicted octanol–water partition coefficient (Wildman–Crippen LogP) is 6.06. The summed E-state index contributed by atoms with van der Waals surface area (Å²) in [7, 11) is 1.65. The third-order valence-electron chi connectivity index (χ3n) is 5.88. The fraction of sp³-hybridized carbons (Fsp3) is 0.214. The van der Waals surface area contributed by atoms with Gasteiger partial charge in [-0.3, -0.25) is 4.79 Å². The summed E-state index contributed by atoms with van der Waals surface area (Å²) in [5, 5.41) is 14.0. The minimum atomic E-state index is -1.05. The summed E-state index contributed by atoms with van der Waals surface area (Å²) in [6.45, 7) is 5.70. The second-order valence-corrected chi connectivity index (χ2v) is 11.2. The normalized spacial score (nSPS) is 11.4. The highest BCUT2D eigenvalue weighted by Crippen LogP contribution is 2.34. The second kappa shape index (κ2) is 11.8. The SMILES string of the molecule is COc1cc(C)c(-c2nc3ccccc3c(=O)n2N=Cc2cc(I)c(OCC(=O)O)c(I)c2)cc1C(C)C. The first-order valence-corrected chi connectivity index (χ1v) is 13.8. The molecule has 0 unspecified atom stereocenters. The van der Waals surface area contributed by atoms with Crippen LogP contribution in [0.4, 0.5) is 0 Å². The number of aryl methyl sites for hydroxylation is 1. The Morgan fingerprint density at radius 2 is 1.84 bits per heavy atom. The highest BCUT2D eigenvalue weighted by atomic mass is 127. The number of halogens is 2. The first kappa shape index (κ1) is 28.0. The molecular formula is C28H25I2N3O5. The van der Waals surface area contributed by atoms with Crippen molar-refractivity contribution in [1.82, 2.24) is 9.66 Å². The molecule has 0 aliphatic heterocycles. The molecule has 0 radical (unpaired) electrons. The molecule has 196 valence electrons. The van der Waals surface area contributed by atoms with E-state index in [9.17, 15) is 9.59 Å². The van der Waals surface area contributed by atoms with Gasteiger partial charge in [0.15, 0.2) is 12.4 Å². The van der Waals surface area contributed by atoms with Crippen LogP contribution < -0.4 is 15.0 Å². The lowest BCUT2D eigenvalue weighted by Crippen LogP contribution is -2.21. The number of hydrogen-bond donors (Lipinski definition) is 1. The van der Waals surface area contributed by atoms with Crippen molar-refractivity contribution < 1.29 is 19.4 Å². The van der Waals surface area contributed by atoms with Crippen molar-refractivity contribution in [1.29, 1.82) is 0 Å². The van der Waals surface area contributed by atoms with E-state index in [1.807, 2.05) is 43.3 Å². The van der Waals surface area contributed by atoms with E-state index in [1.54, 1.807) is 25.5 Å². The first-order valence-electron chi connectivity index (χ1n) is 11.7. The highest BCUT2D eigenvalue weighted by Gasteiger charge is 2.18. The fourth-order valence-electron chi connectivity index (χ4n) is 4.02. The zero-order valence-corrected chi connectivity index (χ0v) is 25.5. The first-order chi connectivity index (χ1) is 18.1. The lowest BCUT2D eigenvalue weighted by atomic mass is 9.96. The number of benzene rings is 3. The fourth-order valence-corrected chi connectivity index (χ4v) is 6.15. The van der Waals surface area contributed by atoms with Crippen LogP contribution in [0.5, 0.6) is 11.5 Å². The van der Waals surface area contributed by atoms with E-state index in [4.69, 9.17) is 19.6 Å². The molecule has 1 heterocycles. The van der Waals surface area contributed by atoms with Crippen molar-refractivity contribution in [3.05, 3.63) is 82.7 Å². The number of fused-ring (bicyclic) bond motifs is 1. The largest absolute Gasteiger partial charge is 0.496 e. The van der Waals surface area contributed by atoms with Crippen molar-refractivity contribution in [2.45, 2.75) is 26.7 Å². The maximum absolute atomic E-state index is 13.6. The topological polar surface area (TPSA) is 103 Å². The lowest BCUT2D eigenvalue weighted by molar-refractivity contribution is -0.139. The summed E-state index contributed by atoms with van der Waals surface area (Å²) in [6, 6.07) is 14.8. The van der Waals surface area contributed by atoms with Crippen molar-refractivity contribution in [2.75, 3.05) is 13.7 Å². The van der Waals surface area contributed by atoms with E-state index in [-0.39, 0.29) is 11.5 Å². The van der Waals surface area contributed by atoms with E-state index in [2.05, 4.69) is 64.1 Å². The number of ether oxygens (including phenoxy) is 2. The Balaban J connectivity index is 1.89. The molecule has 1 N–H and O–H groups in total. The van der Waals surface area contributed by atoms with Gasteiger partial charge in [0.1, 0.15) is 11.5 Å². The van der Waals surface area contributed by atoms with Crippen LogP contribution >= 0.6 is 45.2 Å². The van der Waals surface area contributed by atoms with Crippen LogP contribution in [0.15, 0.2) is 58.4 Å². The van der Waals surface area contributed by atoms with Crippen molar-refractivity contribution >= 4 is 68.3 Å². The van der Waals surface area contributed by atoms with Crippen LogP contribution in [0.25, 0.3) is 22.3 Å². The summed E-state index contributed by atoms with van der Waals surface area (Å²) in [5.74, 6) is 0.851. The van der Waals surface area contributed by atoms with Crippen LogP contribution in [0, 0.1) is 14.1 Å². The van der Waals surface area contributed by atoms with Gasteiger partial charge in [0.05, 0.1) is 31.4 Å². The average molecular weight is 737 g/mol. The summed E-state index contributed by atoms with van der Waals surface area (Å²) < 4.78 is 13.8. The standard InChI is InChI=1S/C28H25I2N3O5/c1-15(2)19-12-20(16(3)9-24(19)37-4)27-32-23-8-6-5-7-18(23)28(36)33(27)31-13-17-10-21(29)26(22(30)11-17)38-14-25(34)35/h5-13,15H,14H2,1-4H3,(H,34,35). The zero-order chi connectivity index (χ0) is 27.6. The molecule has 0 saturated heterocycles. The Morgan fingerprint density at radius 1 is 1.16 bits per heavy atom. The maximum atomic E-state index is 13.6. The van der Waals surface area contributed by atoms with Gasteiger partial charge >= 0.3 is 5.97 Å². The highest BCUT2D eigenvalue weighted by molar-refractivity contribution is 14.1. The minimum Gasteiger partial charge on any atom is -0.496 e. The van der Waals surface area contributed by atoms with Gasteiger partial charge in [0.25, 0.3) is 5.56 Å². The molecule has 8 nitrogen and oxygen atoms in total. The molecule has 0 fully saturated rings. The summed E-state index contributed by atoms with van der Waals surface area (Å²) in [5.41, 5.74) is 3.73. The van der Waals surface area contributed by atoms with Gasteiger partial charge in [0, 0.05) is 5.56 Å². The number of aliphatic carboxylic acids is 1. The molecule has 0 atom stereocenters. The number of carbonyl (C=O) groups is 1. The van der Waals surface area contributed by atoms with Crippen LogP contribution in [0.2, 0.25) is 0 Å². The van der Waals surface area contributed by atoms with Gasteiger partial charge in [-0.1, -0.05) is 26.0 Å². The molecule has 4 rings (SSSR count). The van der Waals surface area contributed by atoms with Crippen LogP contribution in [0.3, 0.4) is 0 Å². The van der Waals surface area contributed by atoms with E-state index in [0.29, 0.717) is 22.5 Å². The molecule has 0 spiro atoms. The molecule has 38 heavy (non-hydrogen) atoms. The molecule has 0 bridgehead atoms. The number of rotatable bonds is 8. The van der Waals surface area contributed by atoms with Crippen molar-refractivity contribution in [3.63, 3.8) is 0 Å². The Kier molecular flexibility index (Phi) is 8.71. The van der Waals surface area contributed by atoms with E-state index in [1.165, 1.54) is 4.68 Å². The van der Waals surface area contributed by atoms with Crippen LogP contribution in [0.1, 0.15) is 36.5 Å². The molecule has 0 saturated carbocycles. The number of para-hydroxylation sites is 1. The summed E-state index contributed by atoms with van der Waals surface area (Å²) in [4.78, 5) is 29.4. The zero-order valence-electron chi connectivity index (χ0n) is 21.2. The number of carboxylic acids is 1. The monoisotopic (exact) mass is 737 g/mol. The van der Waals surface area contributed by atoms with E-state index >= 15 is 0 Å². The molecule has 4 aromatic rings. The second-order valence-electron chi connectivity index (χ2n) is 8.87. The lowest BCUT2D eigenvalue weighted by Gasteiger charge is -2.17. The smallest absolute Gasteiger partial charge is 0.341 e. The quantitative estimate of drug-likeness (QED) is 0.174. The number of carboxylic acid groups (broad SMARTS) is 1. The van der Waals surface area contributed by atoms with E-state index in [0.717, 1.165) is 35.1 Å². The van der Waals surface area contributed by atoms with Gasteiger partial charge in [-0.05, 0) is 111 Å². The molecular weight excluding hydrogens is 712 g/mol. The number of methoxy groups -OCH3 is 1. The summed E-state index contributed by atoms with van der Waals surface area (Å²) >= 11 is 4.18. The van der Waals surface area contributed by atoms with Crippen molar-refractivity contribution in [2.24, 2.45) is 5.10 Å². The molecule has 0 amide bonds. The Morgan fingerprint density at radius 3 is 2.47 bits per heavy atom. The molecule has 1 aromatic heterocycles. The Hall–Kier alpha value is -3.00. The molecule has 0 aliphatic carbocycles. The van der Waals surface area contributed by atoms with Gasteiger partial charge in [0.2, 0.25) is 0 Å². The number of nitrogens with zero attached hydrogens (tertiary/aromatic N) is 3. The number of aromatic nitrogens is 2. The average Bonchev–Trinajstić information content (AvgIpc) is 2.87. The van der Waals surface area contributed by atoms with E-state index < -0.39 is 12.6 Å². The van der Waals surface area contributed by atoms with Crippen molar-refractivity contribution in [3.8, 4) is 22.9 Å². The minimum absolute atomic E-state index is 0.194. The van der Waals surface area contributed by atoms with Gasteiger partial charge in [-0.15, -0.1) is 0 Å². The van der Waals surface area contributed by atoms with Crippen LogP contribution in [-0.2, 0) is 4.79 Å². The molecule has 10 heteroatoms. The van der Waals surface area contributed by atoms with Gasteiger partial charge < -0.3 is 14.6 Å². The van der Waals surface area contributed by atoms with Crippen LogP contribution in [-0.4, -0.2) is 40.7 Å². The predicted molar refractivity (Wildman–Crippen MR) is 165 cm³/mol. The number of hydrogen-bond acceptors (Lipinski definition) is 6. The third-order valence-corrected chi connectivity index (χ3v) is 7.48. The Bertz CT molecular complexity index is 1610. The third kappa shape index (κ3) is 5.85.